The number of amides is 3. The number of urea groups is 1. The van der Waals surface area contributed by atoms with Gasteiger partial charge in [0.05, 0.1) is 6.20 Å². The maximum atomic E-state index is 12.9. The van der Waals surface area contributed by atoms with Crippen molar-refractivity contribution in [2.75, 3.05) is 25.5 Å². The predicted molar refractivity (Wildman–Crippen MR) is 113 cm³/mol. The molecule has 2 aliphatic rings. The Hall–Kier alpha value is -3.70. The van der Waals surface area contributed by atoms with Gasteiger partial charge in [0.2, 0.25) is 0 Å². The van der Waals surface area contributed by atoms with Crippen molar-refractivity contribution in [2.24, 2.45) is 12.5 Å². The molecule has 33 heavy (non-hydrogen) atoms. The Labute approximate surface area is 187 Å². The fraction of sp³-hybridized carbons (Fsp3) is 0.429. The summed E-state index contributed by atoms with van der Waals surface area (Å²) in [6.45, 7) is -1.66. The zero-order chi connectivity index (χ0) is 23.3. The van der Waals surface area contributed by atoms with Crippen molar-refractivity contribution in [1.82, 2.24) is 29.0 Å². The van der Waals surface area contributed by atoms with E-state index in [1.807, 2.05) is 22.7 Å². The number of fused-ring (bicyclic) bond motifs is 1. The zero-order valence-electron chi connectivity index (χ0n) is 18.1. The quantitative estimate of drug-likeness (QED) is 0.632. The summed E-state index contributed by atoms with van der Waals surface area (Å²) >= 11 is 0. The first-order valence-corrected chi connectivity index (χ1v) is 10.5. The Morgan fingerprint density at radius 3 is 2.79 bits per heavy atom. The van der Waals surface area contributed by atoms with Gasteiger partial charge in [-0.1, -0.05) is 0 Å². The van der Waals surface area contributed by atoms with Crippen LogP contribution in [0.1, 0.15) is 23.2 Å². The molecule has 0 radical (unpaired) electrons. The lowest BCUT2D eigenvalue weighted by molar-refractivity contribution is -0.0787. The molecule has 2 fully saturated rings. The Kier molecular flexibility index (Phi) is 4.94. The van der Waals surface area contributed by atoms with Gasteiger partial charge in [-0.3, -0.25) is 10.1 Å². The Bertz CT molecular complexity index is 1210. The van der Waals surface area contributed by atoms with Gasteiger partial charge in [0.15, 0.2) is 0 Å². The minimum Gasteiger partial charge on any atom is -0.435 e. The number of rotatable bonds is 5. The number of aromatic nitrogens is 4. The highest BCUT2D eigenvalue weighted by Crippen LogP contribution is 2.50. The van der Waals surface area contributed by atoms with Gasteiger partial charge in [-0.25, -0.2) is 14.3 Å². The lowest BCUT2D eigenvalue weighted by atomic mass is 9.60. The van der Waals surface area contributed by atoms with E-state index < -0.39 is 6.61 Å². The standard InChI is InChI=1S/C21H23F2N7O3/c1-27-5-6-30-17(27)15(10-25-30)18(31)29-11-21(12-29)8-13(9-21)28(2)20(32)26-16-7-14(3-4-24-16)33-19(22)23/h3-7,10,13,19H,8-9,11-12H2,1-2H3,(H,24,26,32). The molecule has 0 aromatic carbocycles. The van der Waals surface area contributed by atoms with E-state index in [1.54, 1.807) is 28.9 Å². The SMILES string of the molecule is CN(C(=O)Nc1cc(OC(F)F)ccn1)C1CC2(C1)CN(C(=O)c1cnn3ccn(C)c13)C2. The number of carbonyl (C=O) groups excluding carboxylic acids is 2. The molecule has 5 rings (SSSR count). The third-order valence-corrected chi connectivity index (χ3v) is 6.50. The summed E-state index contributed by atoms with van der Waals surface area (Å²) in [5.41, 5.74) is 1.37. The number of halogens is 2. The van der Waals surface area contributed by atoms with E-state index >= 15 is 0 Å². The van der Waals surface area contributed by atoms with Gasteiger partial charge in [-0.2, -0.15) is 13.9 Å². The van der Waals surface area contributed by atoms with Crippen molar-refractivity contribution >= 4 is 23.4 Å². The van der Waals surface area contributed by atoms with Crippen molar-refractivity contribution in [1.29, 1.82) is 0 Å². The lowest BCUT2D eigenvalue weighted by Gasteiger charge is -2.60. The third-order valence-electron chi connectivity index (χ3n) is 6.50. The molecule has 174 valence electrons. The number of hydrogen-bond donors (Lipinski definition) is 1. The van der Waals surface area contributed by atoms with Crippen molar-refractivity contribution in [3.05, 3.63) is 42.5 Å². The first-order chi connectivity index (χ1) is 15.7. The van der Waals surface area contributed by atoms with Crippen molar-refractivity contribution in [3.8, 4) is 5.75 Å². The molecular weight excluding hydrogens is 436 g/mol. The molecule has 1 aliphatic heterocycles. The van der Waals surface area contributed by atoms with Crippen LogP contribution in [0.5, 0.6) is 5.75 Å². The van der Waals surface area contributed by atoms with Crippen LogP contribution in [0.3, 0.4) is 0 Å². The van der Waals surface area contributed by atoms with Crippen LogP contribution in [-0.2, 0) is 7.05 Å². The molecule has 4 heterocycles. The molecule has 3 aromatic rings. The molecule has 1 aliphatic carbocycles. The second-order valence-electron chi connectivity index (χ2n) is 8.76. The van der Waals surface area contributed by atoms with E-state index in [-0.39, 0.29) is 35.0 Å². The fourth-order valence-electron chi connectivity index (χ4n) is 4.77. The molecule has 10 nitrogen and oxygen atoms in total. The van der Waals surface area contributed by atoms with Crippen LogP contribution in [0.25, 0.3) is 5.65 Å². The van der Waals surface area contributed by atoms with Crippen molar-refractivity contribution < 1.29 is 23.1 Å². The second kappa shape index (κ2) is 7.71. The molecule has 0 atom stereocenters. The maximum Gasteiger partial charge on any atom is 0.387 e. The van der Waals surface area contributed by atoms with Crippen LogP contribution < -0.4 is 10.1 Å². The van der Waals surface area contributed by atoms with Gasteiger partial charge in [-0.05, 0) is 18.9 Å². The highest BCUT2D eigenvalue weighted by Gasteiger charge is 2.55. The number of carbonyl (C=O) groups is 2. The first kappa shape index (κ1) is 21.2. The highest BCUT2D eigenvalue weighted by molar-refractivity contribution is 6.00. The number of likely N-dealkylation sites (tertiary alicyclic amines) is 1. The largest absolute Gasteiger partial charge is 0.435 e. The molecule has 0 bridgehead atoms. The molecule has 1 spiro atoms. The predicted octanol–water partition coefficient (Wildman–Crippen LogP) is 2.44. The average molecular weight is 459 g/mol. The summed E-state index contributed by atoms with van der Waals surface area (Å²) in [4.78, 5) is 32.9. The van der Waals surface area contributed by atoms with E-state index in [1.165, 1.54) is 18.3 Å². The minimum absolute atomic E-state index is 0.0264. The monoisotopic (exact) mass is 459 g/mol. The summed E-state index contributed by atoms with van der Waals surface area (Å²) in [5, 5.41) is 6.84. The number of nitrogens with one attached hydrogen (secondary N) is 1. The van der Waals surface area contributed by atoms with Gasteiger partial charge in [0, 0.05) is 63.3 Å². The third kappa shape index (κ3) is 3.74. The molecule has 1 saturated carbocycles. The number of pyridine rings is 1. The van der Waals surface area contributed by atoms with Gasteiger partial charge >= 0.3 is 12.6 Å². The van der Waals surface area contributed by atoms with Crippen molar-refractivity contribution in [2.45, 2.75) is 25.5 Å². The van der Waals surface area contributed by atoms with Crippen LogP contribution in [0.15, 0.2) is 36.9 Å². The number of imidazole rings is 1. The smallest absolute Gasteiger partial charge is 0.387 e. The van der Waals surface area contributed by atoms with E-state index in [0.717, 1.165) is 18.5 Å². The highest BCUT2D eigenvalue weighted by atomic mass is 19.3. The van der Waals surface area contributed by atoms with Crippen LogP contribution in [0.2, 0.25) is 0 Å². The van der Waals surface area contributed by atoms with E-state index in [0.29, 0.717) is 18.7 Å². The average Bonchev–Trinajstić information content (AvgIpc) is 3.28. The number of hydrogen-bond acceptors (Lipinski definition) is 5. The maximum absolute atomic E-state index is 12.9. The molecule has 1 saturated heterocycles. The number of anilines is 1. The summed E-state index contributed by atoms with van der Waals surface area (Å²) in [6, 6.07) is 2.18. The van der Waals surface area contributed by atoms with Crippen LogP contribution >= 0.6 is 0 Å². The summed E-state index contributed by atoms with van der Waals surface area (Å²) in [7, 11) is 3.56. The molecule has 0 unspecified atom stereocenters. The lowest BCUT2D eigenvalue weighted by Crippen LogP contribution is -2.67. The summed E-state index contributed by atoms with van der Waals surface area (Å²) in [5.74, 6) is 0.0161. The van der Waals surface area contributed by atoms with E-state index in [4.69, 9.17) is 0 Å². The number of aryl methyl sites for hydroxylation is 1. The zero-order valence-corrected chi connectivity index (χ0v) is 18.1. The van der Waals surface area contributed by atoms with E-state index in [9.17, 15) is 18.4 Å². The van der Waals surface area contributed by atoms with Gasteiger partial charge in [-0.15, -0.1) is 0 Å². The normalized spacial score (nSPS) is 17.2. The van der Waals surface area contributed by atoms with Gasteiger partial charge in [0.25, 0.3) is 5.91 Å². The minimum atomic E-state index is -2.95. The topological polar surface area (TPSA) is 97.0 Å². The Morgan fingerprint density at radius 1 is 1.30 bits per heavy atom. The Balaban J connectivity index is 1.14. The van der Waals surface area contributed by atoms with Crippen LogP contribution in [-0.4, -0.2) is 73.7 Å². The van der Waals surface area contributed by atoms with Crippen LogP contribution in [0.4, 0.5) is 19.4 Å². The molecule has 3 aromatic heterocycles. The molecule has 3 amide bonds. The molecular formula is C21H23F2N7O3. The van der Waals surface area contributed by atoms with Gasteiger partial charge < -0.3 is 19.1 Å². The number of nitrogens with zero attached hydrogens (tertiary/aromatic N) is 6. The fourth-order valence-corrected chi connectivity index (χ4v) is 4.77. The number of ether oxygens (including phenoxy) is 1. The van der Waals surface area contributed by atoms with Gasteiger partial charge in [0.1, 0.15) is 22.8 Å². The Morgan fingerprint density at radius 2 is 2.06 bits per heavy atom. The molecule has 12 heteroatoms. The number of alkyl halides is 2. The first-order valence-electron chi connectivity index (χ1n) is 10.5. The summed E-state index contributed by atoms with van der Waals surface area (Å²) in [6.07, 6.45) is 8.12. The summed E-state index contributed by atoms with van der Waals surface area (Å²) < 4.78 is 32.6. The van der Waals surface area contributed by atoms with Crippen molar-refractivity contribution in [3.63, 3.8) is 0 Å². The molecule has 1 N–H and O–H groups in total. The van der Waals surface area contributed by atoms with E-state index in [2.05, 4.69) is 20.1 Å². The van der Waals surface area contributed by atoms with Crippen LogP contribution in [0, 0.1) is 5.41 Å². The second-order valence-corrected chi connectivity index (χ2v) is 8.76.